The lowest BCUT2D eigenvalue weighted by molar-refractivity contribution is -0.133. The fourth-order valence-electron chi connectivity index (χ4n) is 3.65. The van der Waals surface area contributed by atoms with Crippen molar-refractivity contribution in [1.29, 1.82) is 0 Å². The summed E-state index contributed by atoms with van der Waals surface area (Å²) >= 11 is 0. The number of rotatable bonds is 3. The molecule has 1 saturated heterocycles. The van der Waals surface area contributed by atoms with E-state index in [1.165, 1.54) is 10.9 Å². The van der Waals surface area contributed by atoms with Crippen LogP contribution in [0.25, 0.3) is 22.1 Å². The average molecular weight is 391 g/mol. The van der Waals surface area contributed by atoms with Crippen LogP contribution in [-0.4, -0.2) is 39.5 Å². The molecule has 3 aromatic rings. The number of amides is 1. The number of halogens is 1. The number of furan rings is 1. The maximum Gasteiger partial charge on any atom is 0.297 e. The van der Waals surface area contributed by atoms with E-state index in [2.05, 4.69) is 4.98 Å². The first-order valence-electron chi connectivity index (χ1n) is 8.94. The molecule has 1 aliphatic rings. The lowest BCUT2D eigenvalue weighted by atomic mass is 9.91. The van der Waals surface area contributed by atoms with Crippen molar-refractivity contribution in [3.63, 3.8) is 0 Å². The van der Waals surface area contributed by atoms with Crippen LogP contribution in [0.15, 0.2) is 39.8 Å². The summed E-state index contributed by atoms with van der Waals surface area (Å²) in [6.07, 6.45) is 3.23. The summed E-state index contributed by atoms with van der Waals surface area (Å²) in [5, 5.41) is 0.802. The van der Waals surface area contributed by atoms with Gasteiger partial charge in [0, 0.05) is 24.5 Å². The molecule has 2 N–H and O–H groups in total. The van der Waals surface area contributed by atoms with Crippen molar-refractivity contribution in [2.45, 2.75) is 32.4 Å². The number of fused-ring (bicyclic) bond motifs is 3. The Bertz CT molecular complexity index is 1020. The highest BCUT2D eigenvalue weighted by molar-refractivity contribution is 6.01. The molecular weight excluding hydrogens is 368 g/mol. The van der Waals surface area contributed by atoms with Crippen molar-refractivity contribution in [1.82, 2.24) is 14.5 Å². The Kier molecular flexibility index (Phi) is 5.53. The molecule has 0 spiro atoms. The zero-order valence-corrected chi connectivity index (χ0v) is 15.9. The maximum atomic E-state index is 12.7. The summed E-state index contributed by atoms with van der Waals surface area (Å²) < 4.78 is 6.98. The molecule has 4 rings (SSSR count). The summed E-state index contributed by atoms with van der Waals surface area (Å²) in [4.78, 5) is 31.4. The van der Waals surface area contributed by atoms with Crippen molar-refractivity contribution in [3.05, 3.63) is 40.9 Å². The van der Waals surface area contributed by atoms with E-state index in [0.29, 0.717) is 30.1 Å². The average Bonchev–Trinajstić information content (AvgIpc) is 3.03. The molecule has 0 radical (unpaired) electrons. The predicted octanol–water partition coefficient (Wildman–Crippen LogP) is 2.15. The van der Waals surface area contributed by atoms with Crippen molar-refractivity contribution in [3.8, 4) is 0 Å². The van der Waals surface area contributed by atoms with Crippen LogP contribution in [0.3, 0.4) is 0 Å². The molecule has 144 valence electrons. The number of nitrogens with zero attached hydrogens (tertiary/aromatic N) is 3. The van der Waals surface area contributed by atoms with E-state index < -0.39 is 0 Å². The van der Waals surface area contributed by atoms with Gasteiger partial charge in [0.1, 0.15) is 17.6 Å². The normalized spacial score (nSPS) is 16.4. The van der Waals surface area contributed by atoms with Crippen LogP contribution in [-0.2, 0) is 11.3 Å². The Balaban J connectivity index is 0.00000210. The van der Waals surface area contributed by atoms with Crippen molar-refractivity contribution >= 4 is 40.4 Å². The molecule has 1 amide bonds. The first-order chi connectivity index (χ1) is 12.5. The lowest BCUT2D eigenvalue weighted by Gasteiger charge is -2.33. The number of aromatic nitrogens is 2. The zero-order chi connectivity index (χ0) is 18.3. The SMILES string of the molecule is CC(N)C1CCN(C(=O)Cn2cnc3c(oc4ccccc43)c2=O)CC1.Cl. The number of hydrogen-bond acceptors (Lipinski definition) is 5. The number of nitrogens with two attached hydrogens (primary N) is 1. The van der Waals surface area contributed by atoms with Gasteiger partial charge in [0.05, 0.1) is 6.33 Å². The second kappa shape index (κ2) is 7.70. The molecule has 1 aromatic carbocycles. The van der Waals surface area contributed by atoms with Crippen LogP contribution in [0.2, 0.25) is 0 Å². The molecule has 1 atom stereocenters. The number of benzene rings is 1. The van der Waals surface area contributed by atoms with Crippen LogP contribution < -0.4 is 11.3 Å². The maximum absolute atomic E-state index is 12.7. The third-order valence-electron chi connectivity index (χ3n) is 5.29. The van der Waals surface area contributed by atoms with Crippen molar-refractivity contribution in [2.75, 3.05) is 13.1 Å². The lowest BCUT2D eigenvalue weighted by Crippen LogP contribution is -2.44. The Morgan fingerprint density at radius 2 is 2.04 bits per heavy atom. The Labute approximate surface area is 162 Å². The minimum atomic E-state index is -0.329. The number of carbonyl (C=O) groups excluding carboxylic acids is 1. The third-order valence-corrected chi connectivity index (χ3v) is 5.29. The van der Waals surface area contributed by atoms with E-state index in [-0.39, 0.29) is 42.0 Å². The summed E-state index contributed by atoms with van der Waals surface area (Å²) in [6, 6.07) is 7.54. The van der Waals surface area contributed by atoms with Crippen LogP contribution in [0.1, 0.15) is 19.8 Å². The number of hydrogen-bond donors (Lipinski definition) is 1. The molecule has 27 heavy (non-hydrogen) atoms. The molecule has 0 bridgehead atoms. The van der Waals surface area contributed by atoms with Crippen LogP contribution in [0, 0.1) is 5.92 Å². The van der Waals surface area contributed by atoms with Gasteiger partial charge >= 0.3 is 0 Å². The number of piperidine rings is 1. The molecular formula is C19H23ClN4O3. The second-order valence-corrected chi connectivity index (χ2v) is 7.03. The largest absolute Gasteiger partial charge is 0.448 e. The Morgan fingerprint density at radius 1 is 1.33 bits per heavy atom. The Hall–Kier alpha value is -2.38. The van der Waals surface area contributed by atoms with Gasteiger partial charge in [0.2, 0.25) is 11.5 Å². The smallest absolute Gasteiger partial charge is 0.297 e. The Morgan fingerprint density at radius 3 is 2.74 bits per heavy atom. The number of para-hydroxylation sites is 1. The van der Waals surface area contributed by atoms with Gasteiger partial charge in [-0.2, -0.15) is 0 Å². The van der Waals surface area contributed by atoms with Crippen molar-refractivity contribution in [2.24, 2.45) is 11.7 Å². The fourth-order valence-corrected chi connectivity index (χ4v) is 3.65. The fraction of sp³-hybridized carbons (Fsp3) is 0.421. The van der Waals surface area contributed by atoms with Gasteiger partial charge in [0.15, 0.2) is 0 Å². The van der Waals surface area contributed by atoms with Gasteiger partial charge in [-0.25, -0.2) is 4.98 Å². The van der Waals surface area contributed by atoms with Gasteiger partial charge in [-0.3, -0.25) is 14.2 Å². The molecule has 7 nitrogen and oxygen atoms in total. The van der Waals surface area contributed by atoms with Gasteiger partial charge in [-0.1, -0.05) is 12.1 Å². The van der Waals surface area contributed by atoms with E-state index in [9.17, 15) is 9.59 Å². The molecule has 8 heteroatoms. The number of carbonyl (C=O) groups is 1. The van der Waals surface area contributed by atoms with Crippen LogP contribution in [0.5, 0.6) is 0 Å². The predicted molar refractivity (Wildman–Crippen MR) is 106 cm³/mol. The second-order valence-electron chi connectivity index (χ2n) is 7.03. The van der Waals surface area contributed by atoms with E-state index >= 15 is 0 Å². The minimum absolute atomic E-state index is 0. The first-order valence-corrected chi connectivity index (χ1v) is 8.94. The molecule has 0 saturated carbocycles. The molecule has 3 heterocycles. The van der Waals surface area contributed by atoms with Crippen LogP contribution >= 0.6 is 12.4 Å². The zero-order valence-electron chi connectivity index (χ0n) is 15.1. The molecule has 1 fully saturated rings. The highest BCUT2D eigenvalue weighted by atomic mass is 35.5. The number of likely N-dealkylation sites (tertiary alicyclic amines) is 1. The molecule has 0 aliphatic carbocycles. The first kappa shape index (κ1) is 19.4. The summed E-state index contributed by atoms with van der Waals surface area (Å²) in [7, 11) is 0. The standard InChI is InChI=1S/C19H22N4O3.ClH/c1-12(20)13-6-8-22(9-7-13)16(24)10-23-11-21-17-14-4-2-3-5-15(14)26-18(17)19(23)25;/h2-5,11-13H,6-10,20H2,1H3;1H. The van der Waals surface area contributed by atoms with Gasteiger partial charge < -0.3 is 15.1 Å². The minimum Gasteiger partial charge on any atom is -0.448 e. The topological polar surface area (TPSA) is 94.4 Å². The van der Waals surface area contributed by atoms with E-state index in [4.69, 9.17) is 10.2 Å². The van der Waals surface area contributed by atoms with E-state index in [1.807, 2.05) is 25.1 Å². The van der Waals surface area contributed by atoms with Crippen molar-refractivity contribution < 1.29 is 9.21 Å². The van der Waals surface area contributed by atoms with E-state index in [1.54, 1.807) is 11.0 Å². The highest BCUT2D eigenvalue weighted by Crippen LogP contribution is 2.24. The van der Waals surface area contributed by atoms with Gasteiger partial charge in [0.25, 0.3) is 5.56 Å². The third kappa shape index (κ3) is 3.57. The summed E-state index contributed by atoms with van der Waals surface area (Å²) in [5.41, 5.74) is 6.97. The molecule has 1 unspecified atom stereocenters. The molecule has 2 aromatic heterocycles. The summed E-state index contributed by atoms with van der Waals surface area (Å²) in [6.45, 7) is 3.35. The monoisotopic (exact) mass is 390 g/mol. The molecule has 1 aliphatic heterocycles. The highest BCUT2D eigenvalue weighted by Gasteiger charge is 2.25. The summed E-state index contributed by atoms with van der Waals surface area (Å²) in [5.74, 6) is 0.378. The van der Waals surface area contributed by atoms with Crippen LogP contribution in [0.4, 0.5) is 0 Å². The van der Waals surface area contributed by atoms with E-state index in [0.717, 1.165) is 18.2 Å². The van der Waals surface area contributed by atoms with Gasteiger partial charge in [-0.15, -0.1) is 12.4 Å². The quantitative estimate of drug-likeness (QED) is 0.739. The van der Waals surface area contributed by atoms with Gasteiger partial charge in [-0.05, 0) is 37.8 Å².